The Morgan fingerprint density at radius 3 is 2.69 bits per heavy atom. The van der Waals surface area contributed by atoms with E-state index in [2.05, 4.69) is 22.4 Å². The molecular weight excluding hydrogens is 457 g/mol. The number of allylic oxidation sites excluding steroid dienone is 2. The zero-order valence-corrected chi connectivity index (χ0v) is 20.2. The average molecular weight is 488 g/mol. The van der Waals surface area contributed by atoms with Crippen LogP contribution in [0, 0.1) is 29.5 Å². The smallest absolute Gasteiger partial charge is 0.263 e. The van der Waals surface area contributed by atoms with E-state index >= 15 is 0 Å². The Morgan fingerprint density at radius 1 is 1.06 bits per heavy atom. The fourth-order valence-corrected chi connectivity index (χ4v) is 6.46. The van der Waals surface area contributed by atoms with Crippen LogP contribution in [0.4, 0.5) is 10.1 Å². The van der Waals surface area contributed by atoms with Crippen molar-refractivity contribution in [3.8, 4) is 0 Å². The largest absolute Gasteiger partial charge is 0.370 e. The molecule has 2 aliphatic heterocycles. The monoisotopic (exact) mass is 487 g/mol. The van der Waals surface area contributed by atoms with E-state index in [-0.39, 0.29) is 30.2 Å². The first kappa shape index (κ1) is 23.0. The standard InChI is InChI=1S/C29H30FN3O3/c30-23-6-1-4-19(14-23)16-33-28(35)24-7-2-8-25(26(24)29(33)36)32-11-3-5-21(17-32)27(34)31-15-22-13-18-9-10-20(22)12-18/h1-2,4,6-10,14,18,20-22H,3,5,11-13,15-17H2,(H,31,34)/t18-,20+,21-,22-/m1/s1. The summed E-state index contributed by atoms with van der Waals surface area (Å²) in [6.45, 7) is 1.99. The van der Waals surface area contributed by atoms with E-state index in [4.69, 9.17) is 0 Å². The molecule has 0 aromatic heterocycles. The third kappa shape index (κ3) is 4.10. The van der Waals surface area contributed by atoms with Crippen molar-refractivity contribution in [1.82, 2.24) is 10.2 Å². The minimum absolute atomic E-state index is 0.0206. The van der Waals surface area contributed by atoms with Gasteiger partial charge < -0.3 is 10.2 Å². The summed E-state index contributed by atoms with van der Waals surface area (Å²) in [5, 5.41) is 3.20. The first-order valence-corrected chi connectivity index (χ1v) is 12.9. The van der Waals surface area contributed by atoms with Crippen molar-refractivity contribution in [3.63, 3.8) is 0 Å². The number of hydrogen-bond acceptors (Lipinski definition) is 4. The van der Waals surface area contributed by atoms with Crippen LogP contribution in [-0.4, -0.2) is 42.3 Å². The minimum Gasteiger partial charge on any atom is -0.370 e. The van der Waals surface area contributed by atoms with Crippen molar-refractivity contribution in [2.45, 2.75) is 32.2 Å². The number of hydrogen-bond donors (Lipinski definition) is 1. The summed E-state index contributed by atoms with van der Waals surface area (Å²) < 4.78 is 13.7. The van der Waals surface area contributed by atoms with Gasteiger partial charge in [-0.1, -0.05) is 30.4 Å². The molecule has 1 N–H and O–H groups in total. The lowest BCUT2D eigenvalue weighted by molar-refractivity contribution is -0.125. The van der Waals surface area contributed by atoms with Crippen LogP contribution in [0.1, 0.15) is 52.0 Å². The molecule has 7 heteroatoms. The third-order valence-corrected chi connectivity index (χ3v) is 8.29. The quantitative estimate of drug-likeness (QED) is 0.491. The van der Waals surface area contributed by atoms with Crippen molar-refractivity contribution in [2.75, 3.05) is 24.5 Å². The molecule has 6 rings (SSSR count). The van der Waals surface area contributed by atoms with Gasteiger partial charge in [-0.2, -0.15) is 0 Å². The van der Waals surface area contributed by atoms with E-state index in [0.717, 1.165) is 32.4 Å². The number of piperidine rings is 1. The van der Waals surface area contributed by atoms with Crippen molar-refractivity contribution in [2.24, 2.45) is 23.7 Å². The lowest BCUT2D eigenvalue weighted by Crippen LogP contribution is -2.44. The Labute approximate surface area is 210 Å². The number of imide groups is 1. The van der Waals surface area contributed by atoms with E-state index < -0.39 is 5.82 Å². The predicted molar refractivity (Wildman–Crippen MR) is 134 cm³/mol. The van der Waals surface area contributed by atoms with Crippen LogP contribution >= 0.6 is 0 Å². The summed E-state index contributed by atoms with van der Waals surface area (Å²) >= 11 is 0. The number of nitrogens with one attached hydrogen (secondary N) is 1. The van der Waals surface area contributed by atoms with E-state index in [1.165, 1.54) is 23.5 Å². The van der Waals surface area contributed by atoms with Crippen LogP contribution in [0.2, 0.25) is 0 Å². The van der Waals surface area contributed by atoms with Gasteiger partial charge in [0.15, 0.2) is 0 Å². The van der Waals surface area contributed by atoms with Crippen LogP contribution in [0.3, 0.4) is 0 Å². The SMILES string of the molecule is O=C(NC[C@H]1C[C@@H]2C=C[C@H]1C2)[C@@H]1CCCN(c2cccc3c2C(=O)N(Cc2cccc(F)c2)C3=O)C1. The highest BCUT2D eigenvalue weighted by Crippen LogP contribution is 2.43. The van der Waals surface area contributed by atoms with Gasteiger partial charge in [-0.05, 0) is 73.3 Å². The average Bonchev–Trinajstić information content (AvgIpc) is 3.58. The second-order valence-electron chi connectivity index (χ2n) is 10.6. The zero-order valence-electron chi connectivity index (χ0n) is 20.2. The number of fused-ring (bicyclic) bond motifs is 3. The molecule has 4 atom stereocenters. The van der Waals surface area contributed by atoms with E-state index in [9.17, 15) is 18.8 Å². The van der Waals surface area contributed by atoms with Crippen molar-refractivity contribution in [1.29, 1.82) is 0 Å². The Kier molecular flexibility index (Phi) is 5.86. The molecule has 1 saturated heterocycles. The first-order valence-electron chi connectivity index (χ1n) is 12.9. The molecule has 186 valence electrons. The number of rotatable bonds is 6. The highest BCUT2D eigenvalue weighted by atomic mass is 19.1. The van der Waals surface area contributed by atoms with Gasteiger partial charge in [-0.3, -0.25) is 19.3 Å². The molecule has 0 spiro atoms. The molecule has 36 heavy (non-hydrogen) atoms. The van der Waals surface area contributed by atoms with Gasteiger partial charge in [0.05, 0.1) is 29.3 Å². The molecule has 2 aromatic carbocycles. The van der Waals surface area contributed by atoms with Crippen LogP contribution in [0.15, 0.2) is 54.6 Å². The number of nitrogens with zero attached hydrogens (tertiary/aromatic N) is 2. The zero-order chi connectivity index (χ0) is 24.8. The fraction of sp³-hybridized carbons (Fsp3) is 0.414. The van der Waals surface area contributed by atoms with Crippen molar-refractivity contribution >= 4 is 23.4 Å². The maximum atomic E-state index is 13.7. The molecule has 0 unspecified atom stereocenters. The van der Waals surface area contributed by atoms with Crippen LogP contribution in [0.5, 0.6) is 0 Å². The number of amides is 3. The summed E-state index contributed by atoms with van der Waals surface area (Å²) in [7, 11) is 0. The maximum Gasteiger partial charge on any atom is 0.263 e. The molecule has 4 aliphatic rings. The Morgan fingerprint density at radius 2 is 1.92 bits per heavy atom. The summed E-state index contributed by atoms with van der Waals surface area (Å²) in [6.07, 6.45) is 8.65. The third-order valence-electron chi connectivity index (χ3n) is 8.29. The molecule has 2 aromatic rings. The number of halogens is 1. The summed E-state index contributed by atoms with van der Waals surface area (Å²) in [5.74, 6) is 0.603. The van der Waals surface area contributed by atoms with Gasteiger partial charge in [0, 0.05) is 19.6 Å². The van der Waals surface area contributed by atoms with E-state index in [1.807, 2.05) is 6.07 Å². The van der Waals surface area contributed by atoms with Gasteiger partial charge in [0.25, 0.3) is 11.8 Å². The Bertz CT molecular complexity index is 1260. The van der Waals surface area contributed by atoms with Crippen LogP contribution in [-0.2, 0) is 11.3 Å². The molecule has 0 radical (unpaired) electrons. The molecule has 2 aliphatic carbocycles. The number of carbonyl (C=O) groups excluding carboxylic acids is 3. The molecule has 2 bridgehead atoms. The molecule has 1 saturated carbocycles. The van der Waals surface area contributed by atoms with Gasteiger partial charge in [0.2, 0.25) is 5.91 Å². The Hall–Kier alpha value is -3.48. The van der Waals surface area contributed by atoms with Gasteiger partial charge in [-0.25, -0.2) is 4.39 Å². The minimum atomic E-state index is -0.403. The summed E-state index contributed by atoms with van der Waals surface area (Å²) in [4.78, 5) is 42.8. The maximum absolute atomic E-state index is 13.7. The topological polar surface area (TPSA) is 69.7 Å². The number of carbonyl (C=O) groups is 3. The van der Waals surface area contributed by atoms with E-state index in [1.54, 1.807) is 24.3 Å². The Balaban J connectivity index is 1.16. The molecule has 3 amide bonds. The van der Waals surface area contributed by atoms with Crippen LogP contribution in [0.25, 0.3) is 0 Å². The van der Waals surface area contributed by atoms with Crippen LogP contribution < -0.4 is 10.2 Å². The van der Waals surface area contributed by atoms with Gasteiger partial charge >= 0.3 is 0 Å². The van der Waals surface area contributed by atoms with Crippen molar-refractivity contribution < 1.29 is 18.8 Å². The highest BCUT2D eigenvalue weighted by Gasteiger charge is 2.40. The first-order chi connectivity index (χ1) is 17.5. The predicted octanol–water partition coefficient (Wildman–Crippen LogP) is 4.17. The second kappa shape index (κ2) is 9.19. The second-order valence-corrected chi connectivity index (χ2v) is 10.6. The van der Waals surface area contributed by atoms with E-state index in [0.29, 0.717) is 46.7 Å². The molecule has 2 fully saturated rings. The summed E-state index contributed by atoms with van der Waals surface area (Å²) in [5.41, 5.74) is 2.01. The fourth-order valence-electron chi connectivity index (χ4n) is 6.46. The molecule has 2 heterocycles. The number of benzene rings is 2. The number of anilines is 1. The van der Waals surface area contributed by atoms with Crippen molar-refractivity contribution in [3.05, 3.63) is 77.1 Å². The highest BCUT2D eigenvalue weighted by molar-refractivity contribution is 6.23. The summed E-state index contributed by atoms with van der Waals surface area (Å²) in [6, 6.07) is 11.3. The normalized spacial score (nSPS) is 26.6. The molecular formula is C29H30FN3O3. The van der Waals surface area contributed by atoms with Gasteiger partial charge in [-0.15, -0.1) is 0 Å². The lowest BCUT2D eigenvalue weighted by Gasteiger charge is -2.35. The molecule has 6 nitrogen and oxygen atoms in total. The van der Waals surface area contributed by atoms with Gasteiger partial charge in [0.1, 0.15) is 5.82 Å². The lowest BCUT2D eigenvalue weighted by atomic mass is 9.92.